The summed E-state index contributed by atoms with van der Waals surface area (Å²) < 4.78 is 2.12. The van der Waals surface area contributed by atoms with Crippen molar-refractivity contribution in [2.24, 2.45) is 13.0 Å². The van der Waals surface area contributed by atoms with Crippen molar-refractivity contribution in [2.75, 3.05) is 13.1 Å². The Bertz CT molecular complexity index is 894. The number of H-pyrrole nitrogens is 1. The van der Waals surface area contributed by atoms with E-state index < -0.39 is 0 Å². The van der Waals surface area contributed by atoms with Crippen LogP contribution in [0.4, 0.5) is 0 Å². The highest BCUT2D eigenvalue weighted by atomic mass is 16.2. The molecule has 0 unspecified atom stereocenters. The molecule has 0 bridgehead atoms. The lowest BCUT2D eigenvalue weighted by Crippen LogP contribution is -2.40. The van der Waals surface area contributed by atoms with E-state index in [4.69, 9.17) is 0 Å². The number of piperidine rings is 1. The van der Waals surface area contributed by atoms with Gasteiger partial charge in [-0.15, -0.1) is 0 Å². The molecule has 5 heteroatoms. The van der Waals surface area contributed by atoms with E-state index >= 15 is 0 Å². The molecule has 1 fully saturated rings. The molecule has 1 saturated heterocycles. The van der Waals surface area contributed by atoms with Crippen LogP contribution in [0.25, 0.3) is 10.9 Å². The SMILES string of the molecule is Cc1c(C(=O)N2CCC[C@H](Cc3ccn[nH]3)C2)c2ccccc2n1C. The molecule has 1 atom stereocenters. The summed E-state index contributed by atoms with van der Waals surface area (Å²) in [6.07, 6.45) is 4.98. The molecule has 1 aliphatic rings. The average molecular weight is 336 g/mol. The van der Waals surface area contributed by atoms with E-state index in [9.17, 15) is 4.79 Å². The van der Waals surface area contributed by atoms with Crippen molar-refractivity contribution in [3.8, 4) is 0 Å². The number of hydrogen-bond acceptors (Lipinski definition) is 2. The Morgan fingerprint density at radius 2 is 2.16 bits per heavy atom. The lowest BCUT2D eigenvalue weighted by molar-refractivity contribution is 0.0674. The number of benzene rings is 1. The van der Waals surface area contributed by atoms with Crippen molar-refractivity contribution >= 4 is 16.8 Å². The summed E-state index contributed by atoms with van der Waals surface area (Å²) in [5.74, 6) is 0.664. The molecule has 2 aromatic heterocycles. The Hall–Kier alpha value is -2.56. The maximum atomic E-state index is 13.3. The molecule has 25 heavy (non-hydrogen) atoms. The van der Waals surface area contributed by atoms with Crippen molar-refractivity contribution in [3.05, 3.63) is 53.5 Å². The number of hydrogen-bond donors (Lipinski definition) is 1. The molecule has 0 aliphatic carbocycles. The van der Waals surface area contributed by atoms with Crippen molar-refractivity contribution < 1.29 is 4.79 Å². The van der Waals surface area contributed by atoms with E-state index in [1.54, 1.807) is 6.20 Å². The Balaban J connectivity index is 1.59. The van der Waals surface area contributed by atoms with Gasteiger partial charge in [0.2, 0.25) is 0 Å². The van der Waals surface area contributed by atoms with E-state index in [2.05, 4.69) is 26.9 Å². The number of para-hydroxylation sites is 1. The van der Waals surface area contributed by atoms with Crippen LogP contribution in [0.1, 0.15) is 34.6 Å². The third-order valence-electron chi connectivity index (χ3n) is 5.49. The number of aryl methyl sites for hydroxylation is 1. The van der Waals surface area contributed by atoms with Crippen molar-refractivity contribution in [1.82, 2.24) is 19.7 Å². The first-order valence-corrected chi connectivity index (χ1v) is 8.96. The fourth-order valence-electron chi connectivity index (χ4n) is 4.07. The van der Waals surface area contributed by atoms with Crippen LogP contribution < -0.4 is 0 Å². The number of carbonyl (C=O) groups excluding carboxylic acids is 1. The molecule has 0 saturated carbocycles. The third kappa shape index (κ3) is 2.84. The van der Waals surface area contributed by atoms with E-state index in [0.29, 0.717) is 5.92 Å². The second-order valence-corrected chi connectivity index (χ2v) is 7.08. The molecule has 130 valence electrons. The molecule has 1 N–H and O–H groups in total. The van der Waals surface area contributed by atoms with Gasteiger partial charge in [-0.1, -0.05) is 18.2 Å². The first kappa shape index (κ1) is 15.9. The highest BCUT2D eigenvalue weighted by Crippen LogP contribution is 2.28. The minimum atomic E-state index is 0.170. The van der Waals surface area contributed by atoms with Gasteiger partial charge in [-0.25, -0.2) is 0 Å². The standard InChI is InChI=1S/C20H24N4O/c1-14-19(17-7-3-4-8-18(17)23(14)2)20(25)24-11-5-6-15(13-24)12-16-9-10-21-22-16/h3-4,7-10,15H,5-6,11-13H2,1-2H3,(H,21,22)/t15-/m1/s1. The van der Waals surface area contributed by atoms with E-state index in [1.165, 1.54) is 0 Å². The van der Waals surface area contributed by atoms with Crippen LogP contribution in [-0.2, 0) is 13.5 Å². The van der Waals surface area contributed by atoms with Crippen LogP contribution in [0.3, 0.4) is 0 Å². The summed E-state index contributed by atoms with van der Waals surface area (Å²) in [5.41, 5.74) is 4.18. The number of amides is 1. The fraction of sp³-hybridized carbons (Fsp3) is 0.400. The second kappa shape index (κ2) is 6.39. The monoisotopic (exact) mass is 336 g/mol. The van der Waals surface area contributed by atoms with Crippen molar-refractivity contribution in [3.63, 3.8) is 0 Å². The predicted octanol–water partition coefficient (Wildman–Crippen LogP) is 3.30. The zero-order chi connectivity index (χ0) is 17.4. The quantitative estimate of drug-likeness (QED) is 0.798. The molecule has 4 rings (SSSR count). The molecular weight excluding hydrogens is 312 g/mol. The Labute approximate surface area is 147 Å². The first-order valence-electron chi connectivity index (χ1n) is 8.96. The van der Waals surface area contributed by atoms with E-state index in [1.807, 2.05) is 37.1 Å². The lowest BCUT2D eigenvalue weighted by Gasteiger charge is -2.32. The van der Waals surface area contributed by atoms with Gasteiger partial charge in [0.15, 0.2) is 0 Å². The van der Waals surface area contributed by atoms with Crippen LogP contribution >= 0.6 is 0 Å². The number of nitrogens with one attached hydrogen (secondary N) is 1. The zero-order valence-electron chi connectivity index (χ0n) is 14.8. The Morgan fingerprint density at radius 1 is 1.32 bits per heavy atom. The number of rotatable bonds is 3. The topological polar surface area (TPSA) is 53.9 Å². The summed E-state index contributed by atoms with van der Waals surface area (Å²) >= 11 is 0. The van der Waals surface area contributed by atoms with Gasteiger partial charge in [0.1, 0.15) is 0 Å². The third-order valence-corrected chi connectivity index (χ3v) is 5.49. The summed E-state index contributed by atoms with van der Waals surface area (Å²) in [6, 6.07) is 10.2. The van der Waals surface area contributed by atoms with Gasteiger partial charge >= 0.3 is 0 Å². The summed E-state index contributed by atoms with van der Waals surface area (Å²) in [5, 5.41) is 8.13. The summed E-state index contributed by atoms with van der Waals surface area (Å²) in [6.45, 7) is 3.71. The minimum Gasteiger partial charge on any atom is -0.347 e. The number of aromatic nitrogens is 3. The van der Waals surface area contributed by atoms with E-state index in [0.717, 1.165) is 60.2 Å². The molecule has 5 nitrogen and oxygen atoms in total. The molecule has 1 aliphatic heterocycles. The molecule has 3 aromatic rings. The van der Waals surface area contributed by atoms with Gasteiger partial charge < -0.3 is 9.47 Å². The van der Waals surface area contributed by atoms with Crippen LogP contribution in [0.2, 0.25) is 0 Å². The van der Waals surface area contributed by atoms with E-state index in [-0.39, 0.29) is 5.91 Å². The van der Waals surface area contributed by atoms with Crippen LogP contribution in [0, 0.1) is 12.8 Å². The predicted molar refractivity (Wildman–Crippen MR) is 98.6 cm³/mol. The number of fused-ring (bicyclic) bond motifs is 1. The fourth-order valence-corrected chi connectivity index (χ4v) is 4.07. The molecule has 0 radical (unpaired) electrons. The minimum absolute atomic E-state index is 0.170. The molecule has 3 heterocycles. The number of carbonyl (C=O) groups is 1. The van der Waals surface area contributed by atoms with Crippen LogP contribution in [0.15, 0.2) is 36.5 Å². The highest BCUT2D eigenvalue weighted by Gasteiger charge is 2.28. The van der Waals surface area contributed by atoms with Gasteiger partial charge in [-0.3, -0.25) is 9.89 Å². The molecular formula is C20H24N4O. The van der Waals surface area contributed by atoms with Crippen molar-refractivity contribution in [2.45, 2.75) is 26.2 Å². The van der Waals surface area contributed by atoms with Crippen LogP contribution in [0.5, 0.6) is 0 Å². The lowest BCUT2D eigenvalue weighted by atomic mass is 9.93. The highest BCUT2D eigenvalue weighted by molar-refractivity contribution is 6.08. The van der Waals surface area contributed by atoms with Gasteiger partial charge in [0.05, 0.1) is 5.56 Å². The average Bonchev–Trinajstić information content (AvgIpc) is 3.22. The van der Waals surface area contributed by atoms with Crippen LogP contribution in [-0.4, -0.2) is 38.7 Å². The summed E-state index contributed by atoms with van der Waals surface area (Å²) in [7, 11) is 2.03. The van der Waals surface area contributed by atoms with Crippen molar-refractivity contribution in [1.29, 1.82) is 0 Å². The van der Waals surface area contributed by atoms with Gasteiger partial charge in [0.25, 0.3) is 5.91 Å². The van der Waals surface area contributed by atoms with Gasteiger partial charge in [0, 0.05) is 48.6 Å². The smallest absolute Gasteiger partial charge is 0.256 e. The zero-order valence-corrected chi connectivity index (χ0v) is 14.8. The first-order chi connectivity index (χ1) is 12.1. The molecule has 1 aromatic carbocycles. The Morgan fingerprint density at radius 3 is 2.96 bits per heavy atom. The van der Waals surface area contributed by atoms with Gasteiger partial charge in [-0.05, 0) is 44.2 Å². The number of likely N-dealkylation sites (tertiary alicyclic amines) is 1. The molecule has 0 spiro atoms. The Kier molecular flexibility index (Phi) is 4.07. The molecule has 1 amide bonds. The maximum Gasteiger partial charge on any atom is 0.256 e. The normalized spacial score (nSPS) is 18.0. The number of nitrogens with zero attached hydrogens (tertiary/aromatic N) is 3. The second-order valence-electron chi connectivity index (χ2n) is 7.08. The van der Waals surface area contributed by atoms with Gasteiger partial charge in [-0.2, -0.15) is 5.10 Å². The summed E-state index contributed by atoms with van der Waals surface area (Å²) in [4.78, 5) is 15.3. The maximum absolute atomic E-state index is 13.3. The largest absolute Gasteiger partial charge is 0.347 e. The number of aromatic amines is 1.